The monoisotopic (exact) mass is 561 g/mol. The van der Waals surface area contributed by atoms with E-state index in [4.69, 9.17) is 4.84 Å². The maximum atomic E-state index is 15.1. The Bertz CT molecular complexity index is 1330. The summed E-state index contributed by atoms with van der Waals surface area (Å²) < 4.78 is 71.3. The Morgan fingerprint density at radius 3 is 2.52 bits per heavy atom. The van der Waals surface area contributed by atoms with Crippen molar-refractivity contribution in [1.82, 2.24) is 0 Å². The fourth-order valence-electron chi connectivity index (χ4n) is 7.77. The Labute approximate surface area is 230 Å². The minimum absolute atomic E-state index is 0.0471. The van der Waals surface area contributed by atoms with Crippen molar-refractivity contribution in [3.8, 4) is 11.8 Å². The van der Waals surface area contributed by atoms with Gasteiger partial charge in [-0.3, -0.25) is 4.79 Å². The molecule has 0 aromatic heterocycles. The fraction of sp³-hybridized carbons (Fsp3) is 0.548. The molecule has 5 rings (SSSR count). The SMILES string of the molecule is CCO/N=C\C#Cc1ccc([C@H]2CC3(C)C(CCC3(O)C(F)(F)C(F)(F)F)C3CCC4=CC(=O)CCC4=C32)cc1. The van der Waals surface area contributed by atoms with Crippen LogP contribution in [0.2, 0.25) is 0 Å². The average Bonchev–Trinajstić information content (AvgIpc) is 3.19. The Kier molecular flexibility index (Phi) is 7.23. The normalized spacial score (nSPS) is 32.1. The number of aliphatic hydroxyl groups is 1. The number of fused-ring (bicyclic) bond motifs is 4. The first kappa shape index (κ1) is 28.5. The lowest BCUT2D eigenvalue weighted by atomic mass is 9.50. The van der Waals surface area contributed by atoms with Crippen LogP contribution in [0.1, 0.15) is 75.8 Å². The summed E-state index contributed by atoms with van der Waals surface area (Å²) in [5.41, 5.74) is -0.433. The molecule has 0 aliphatic heterocycles. The van der Waals surface area contributed by atoms with E-state index in [-0.39, 0.29) is 24.5 Å². The number of alkyl halides is 5. The van der Waals surface area contributed by atoms with Crippen molar-refractivity contribution in [2.45, 2.75) is 82.4 Å². The zero-order valence-electron chi connectivity index (χ0n) is 22.5. The average molecular weight is 562 g/mol. The molecule has 1 N–H and O–H groups in total. The Hall–Kier alpha value is -2.99. The second-order valence-corrected chi connectivity index (χ2v) is 11.5. The molecule has 0 spiro atoms. The number of nitrogens with zero attached hydrogens (tertiary/aromatic N) is 1. The summed E-state index contributed by atoms with van der Waals surface area (Å²) in [5, 5.41) is 15.0. The molecule has 0 amide bonds. The zero-order valence-corrected chi connectivity index (χ0v) is 22.5. The molecule has 5 atom stereocenters. The lowest BCUT2D eigenvalue weighted by Gasteiger charge is -2.56. The third kappa shape index (κ3) is 4.39. The number of halogens is 5. The van der Waals surface area contributed by atoms with Crippen LogP contribution < -0.4 is 0 Å². The first-order chi connectivity index (χ1) is 18.8. The first-order valence-corrected chi connectivity index (χ1v) is 13.7. The molecular formula is C31H32F5NO3. The number of carbonyl (C=O) groups excluding carboxylic acids is 1. The van der Waals surface area contributed by atoms with Gasteiger partial charge in [-0.2, -0.15) is 22.0 Å². The van der Waals surface area contributed by atoms with Crippen LogP contribution in [-0.4, -0.2) is 41.4 Å². The van der Waals surface area contributed by atoms with Gasteiger partial charge in [0, 0.05) is 23.3 Å². The molecule has 4 aliphatic carbocycles. The highest BCUT2D eigenvalue weighted by Gasteiger charge is 2.79. The number of allylic oxidation sites excluding steroid dienone is 4. The summed E-state index contributed by atoms with van der Waals surface area (Å²) in [6.07, 6.45) is -1.47. The maximum Gasteiger partial charge on any atom is 0.456 e. The van der Waals surface area contributed by atoms with Gasteiger partial charge in [-0.15, -0.1) is 0 Å². The van der Waals surface area contributed by atoms with Crippen LogP contribution in [-0.2, 0) is 9.63 Å². The highest BCUT2D eigenvalue weighted by molar-refractivity contribution is 5.93. The van der Waals surface area contributed by atoms with Crippen molar-refractivity contribution in [3.63, 3.8) is 0 Å². The first-order valence-electron chi connectivity index (χ1n) is 13.7. The van der Waals surface area contributed by atoms with E-state index in [1.165, 1.54) is 13.1 Å². The van der Waals surface area contributed by atoms with Gasteiger partial charge >= 0.3 is 12.1 Å². The highest BCUT2D eigenvalue weighted by atomic mass is 19.4. The lowest BCUT2D eigenvalue weighted by Crippen LogP contribution is -2.65. The van der Waals surface area contributed by atoms with Crippen LogP contribution in [0.3, 0.4) is 0 Å². The van der Waals surface area contributed by atoms with Crippen LogP contribution >= 0.6 is 0 Å². The molecule has 214 valence electrons. The van der Waals surface area contributed by atoms with E-state index in [1.54, 1.807) is 25.1 Å². The lowest BCUT2D eigenvalue weighted by molar-refractivity contribution is -0.362. The number of hydrogen-bond donors (Lipinski definition) is 1. The molecule has 9 heteroatoms. The van der Waals surface area contributed by atoms with Crippen molar-refractivity contribution in [1.29, 1.82) is 0 Å². The van der Waals surface area contributed by atoms with Crippen LogP contribution in [0, 0.1) is 29.1 Å². The standard InChI is InChI=1S/C31H32F5NO3/c1-3-40-37-16-4-5-19-6-8-20(9-7-19)25-18-28(2)26(14-15-29(28,39)30(32,33)31(34,35)36)24-12-10-21-17-22(38)11-13-23(21)27(24)25/h6-9,16-17,24-26,39H,3,10-15,18H2,1-2H3/b37-16-/t24?,25-,26?,28?,29?/m1/s1. The van der Waals surface area contributed by atoms with Crippen LogP contribution in [0.4, 0.5) is 22.0 Å². The third-order valence-electron chi connectivity index (χ3n) is 9.61. The van der Waals surface area contributed by atoms with Crippen molar-refractivity contribution < 1.29 is 36.7 Å². The van der Waals surface area contributed by atoms with Crippen LogP contribution in [0.15, 0.2) is 52.2 Å². The Morgan fingerprint density at radius 2 is 1.85 bits per heavy atom. The van der Waals surface area contributed by atoms with E-state index in [0.717, 1.165) is 22.3 Å². The van der Waals surface area contributed by atoms with Gasteiger partial charge in [0.05, 0.1) is 0 Å². The van der Waals surface area contributed by atoms with Gasteiger partial charge in [0.25, 0.3) is 0 Å². The van der Waals surface area contributed by atoms with Crippen molar-refractivity contribution in [2.75, 3.05) is 6.61 Å². The minimum atomic E-state index is -5.87. The molecule has 0 heterocycles. The summed E-state index contributed by atoms with van der Waals surface area (Å²) in [4.78, 5) is 17.1. The van der Waals surface area contributed by atoms with Gasteiger partial charge < -0.3 is 9.94 Å². The number of benzene rings is 1. The van der Waals surface area contributed by atoms with Gasteiger partial charge in [0.15, 0.2) is 5.78 Å². The van der Waals surface area contributed by atoms with Gasteiger partial charge in [-0.25, -0.2) is 0 Å². The van der Waals surface area contributed by atoms with Crippen LogP contribution in [0.5, 0.6) is 0 Å². The van der Waals surface area contributed by atoms with Gasteiger partial charge in [-0.1, -0.05) is 35.7 Å². The van der Waals surface area contributed by atoms with Crippen LogP contribution in [0.25, 0.3) is 0 Å². The molecule has 0 bridgehead atoms. The van der Waals surface area contributed by atoms with Gasteiger partial charge in [-0.05, 0) is 98.1 Å². The fourth-order valence-corrected chi connectivity index (χ4v) is 7.77. The molecule has 0 saturated heterocycles. The smallest absolute Gasteiger partial charge is 0.396 e. The summed E-state index contributed by atoms with van der Waals surface area (Å²) in [6.45, 7) is 3.64. The molecule has 4 unspecified atom stereocenters. The van der Waals surface area contributed by atoms with Crippen molar-refractivity contribution in [2.24, 2.45) is 22.4 Å². The number of oxime groups is 1. The Morgan fingerprint density at radius 1 is 1.12 bits per heavy atom. The molecule has 2 saturated carbocycles. The molecule has 40 heavy (non-hydrogen) atoms. The summed E-state index contributed by atoms with van der Waals surface area (Å²) in [7, 11) is 0. The predicted octanol–water partition coefficient (Wildman–Crippen LogP) is 6.89. The Balaban J connectivity index is 1.60. The molecule has 0 radical (unpaired) electrons. The van der Waals surface area contributed by atoms with Gasteiger partial charge in [0.2, 0.25) is 0 Å². The van der Waals surface area contributed by atoms with E-state index in [0.29, 0.717) is 37.9 Å². The second kappa shape index (κ2) is 10.1. The number of hydrogen-bond acceptors (Lipinski definition) is 4. The molecule has 4 aliphatic rings. The topological polar surface area (TPSA) is 58.9 Å². The summed E-state index contributed by atoms with van der Waals surface area (Å²) >= 11 is 0. The second-order valence-electron chi connectivity index (χ2n) is 11.5. The van der Waals surface area contributed by atoms with Crippen molar-refractivity contribution >= 4 is 12.0 Å². The van der Waals surface area contributed by atoms with E-state index in [1.807, 2.05) is 12.1 Å². The summed E-state index contributed by atoms with van der Waals surface area (Å²) in [6, 6.07) is 7.20. The molecule has 1 aromatic rings. The molecule has 2 fully saturated rings. The highest BCUT2D eigenvalue weighted by Crippen LogP contribution is 2.70. The van der Waals surface area contributed by atoms with E-state index in [9.17, 15) is 23.1 Å². The summed E-state index contributed by atoms with van der Waals surface area (Å²) in [5.74, 6) is -0.772. The minimum Gasteiger partial charge on any atom is -0.396 e. The van der Waals surface area contributed by atoms with E-state index < -0.39 is 41.4 Å². The van der Waals surface area contributed by atoms with E-state index in [2.05, 4.69) is 17.0 Å². The zero-order chi connectivity index (χ0) is 28.9. The molecule has 1 aromatic carbocycles. The van der Waals surface area contributed by atoms with Crippen molar-refractivity contribution in [3.05, 3.63) is 58.2 Å². The number of rotatable bonds is 4. The predicted molar refractivity (Wildman–Crippen MR) is 140 cm³/mol. The van der Waals surface area contributed by atoms with E-state index >= 15 is 8.78 Å². The molecular weight excluding hydrogens is 529 g/mol. The molecule has 4 nitrogen and oxygen atoms in total. The maximum absolute atomic E-state index is 15.1. The number of carbonyl (C=O) groups is 1. The quantitative estimate of drug-likeness (QED) is 0.189. The third-order valence-corrected chi connectivity index (χ3v) is 9.61. The largest absolute Gasteiger partial charge is 0.456 e. The van der Waals surface area contributed by atoms with Gasteiger partial charge in [0.1, 0.15) is 18.4 Å². The number of ketones is 1.